The molecule has 326 valence electrons. The van der Waals surface area contributed by atoms with Crippen molar-refractivity contribution in [2.24, 2.45) is 11.3 Å². The molecule has 4 fully saturated rings. The van der Waals surface area contributed by atoms with Gasteiger partial charge in [-0.25, -0.2) is 17.6 Å². The summed E-state index contributed by atoms with van der Waals surface area (Å²) in [5.74, 6) is -3.10. The molecular formula is C42H52FN9O8S. The van der Waals surface area contributed by atoms with E-state index < -0.39 is 80.0 Å². The number of ether oxygens (including phenoxy) is 2. The number of hydrogen-bond donors (Lipinski definition) is 5. The van der Waals surface area contributed by atoms with Crippen LogP contribution in [-0.2, 0) is 29.1 Å². The topological polar surface area (TPSA) is 223 Å². The molecule has 17 nitrogen and oxygen atoms in total. The molecule has 2 heterocycles. The van der Waals surface area contributed by atoms with Gasteiger partial charge in [-0.2, -0.15) is 15.0 Å². The van der Waals surface area contributed by atoms with E-state index in [9.17, 15) is 32.0 Å². The smallest absolute Gasteiger partial charge is 0.408 e. The Morgan fingerprint density at radius 1 is 0.918 bits per heavy atom. The van der Waals surface area contributed by atoms with Crippen LogP contribution in [0.1, 0.15) is 77.7 Å². The van der Waals surface area contributed by atoms with Gasteiger partial charge in [0.2, 0.25) is 33.7 Å². The first-order valence-electron chi connectivity index (χ1n) is 20.5. The lowest BCUT2D eigenvalue weighted by atomic mass is 9.85. The highest BCUT2D eigenvalue weighted by Crippen LogP contribution is 2.45. The minimum absolute atomic E-state index is 0.0440. The van der Waals surface area contributed by atoms with Gasteiger partial charge in [0, 0.05) is 23.7 Å². The monoisotopic (exact) mass is 861 g/mol. The normalized spacial score (nSPS) is 23.0. The maximum Gasteiger partial charge on any atom is 0.408 e. The van der Waals surface area contributed by atoms with Gasteiger partial charge in [0.05, 0.1) is 11.8 Å². The number of carbonyl (C=O) groups excluding carboxylic acids is 4. The van der Waals surface area contributed by atoms with Crippen molar-refractivity contribution in [2.45, 2.75) is 114 Å². The van der Waals surface area contributed by atoms with Crippen LogP contribution in [-0.4, -0.2) is 93.7 Å². The van der Waals surface area contributed by atoms with Gasteiger partial charge in [-0.3, -0.25) is 19.1 Å². The van der Waals surface area contributed by atoms with E-state index in [0.717, 1.165) is 31.2 Å². The summed E-state index contributed by atoms with van der Waals surface area (Å²) in [6.07, 6.45) is 3.69. The molecule has 1 saturated heterocycles. The lowest BCUT2D eigenvalue weighted by Crippen LogP contribution is -2.60. The second-order valence-electron chi connectivity index (χ2n) is 17.3. The summed E-state index contributed by atoms with van der Waals surface area (Å²) in [6.45, 7) is 10.9. The van der Waals surface area contributed by atoms with Gasteiger partial charge in [0.25, 0.3) is 5.91 Å². The molecule has 2 aromatic carbocycles. The number of halogens is 1. The average Bonchev–Trinajstić information content (AvgIpc) is 4.08. The molecule has 1 aliphatic heterocycles. The number of amides is 4. The van der Waals surface area contributed by atoms with E-state index in [2.05, 4.69) is 47.5 Å². The van der Waals surface area contributed by atoms with Gasteiger partial charge in [0.15, 0.2) is 0 Å². The number of aromatic nitrogens is 3. The third-order valence-corrected chi connectivity index (χ3v) is 13.2. The molecule has 61 heavy (non-hydrogen) atoms. The Kier molecular flexibility index (Phi) is 12.2. The molecule has 7 rings (SSSR count). The first kappa shape index (κ1) is 43.2. The lowest BCUT2D eigenvalue weighted by molar-refractivity contribution is -0.143. The highest BCUT2D eigenvalue weighted by Gasteiger charge is 2.62. The van der Waals surface area contributed by atoms with Crippen LogP contribution in [0, 0.1) is 24.1 Å². The molecule has 4 aliphatic rings. The number of aryl methyl sites for hydroxylation is 1. The fraction of sp³-hybridized carbons (Fsp3) is 0.500. The number of nitrogens with one attached hydrogen (secondary N) is 5. The number of rotatable bonds is 15. The molecule has 3 aliphatic carbocycles. The van der Waals surface area contributed by atoms with E-state index in [1.807, 2.05) is 31.2 Å². The molecule has 5 atom stereocenters. The number of anilines is 4. The first-order chi connectivity index (χ1) is 28.9. The summed E-state index contributed by atoms with van der Waals surface area (Å²) in [6, 6.07) is 10.4. The summed E-state index contributed by atoms with van der Waals surface area (Å²) in [7, 11) is -3.95. The minimum Gasteiger partial charge on any atom is -0.458 e. The molecule has 0 radical (unpaired) electrons. The fourth-order valence-corrected chi connectivity index (χ4v) is 8.98. The zero-order chi connectivity index (χ0) is 43.7. The van der Waals surface area contributed by atoms with E-state index in [-0.39, 0.29) is 43.4 Å². The number of nitrogens with zero attached hydrogens (tertiary/aromatic N) is 4. The molecule has 0 unspecified atom stereocenters. The summed E-state index contributed by atoms with van der Waals surface area (Å²) in [5.41, 5.74) is -0.304. The number of likely N-dealkylation sites (tertiary alicyclic amines) is 1. The van der Waals surface area contributed by atoms with Crippen LogP contribution in [0.4, 0.5) is 32.5 Å². The highest BCUT2D eigenvalue weighted by molar-refractivity contribution is 7.91. The zero-order valence-corrected chi connectivity index (χ0v) is 35.4. The SMILES string of the molecule is C=C[C@@H]1C[C@]1(NC(=O)[C@@H]1C[C@@H](Oc2nc(Nc3ccc(C)cc3)nc(Nc3ccc(F)cc3)n2)CN1C(=O)[C@@H](NC(=O)OC1CCCC1)C(C)(C)C)C(=O)NS(=O)(=O)C1CC1. The lowest BCUT2D eigenvalue weighted by Gasteiger charge is -2.35. The Labute approximate surface area is 354 Å². The largest absolute Gasteiger partial charge is 0.458 e. The van der Waals surface area contributed by atoms with Crippen LogP contribution in [0.5, 0.6) is 6.01 Å². The van der Waals surface area contributed by atoms with Crippen molar-refractivity contribution in [3.8, 4) is 6.01 Å². The maximum atomic E-state index is 14.7. The van der Waals surface area contributed by atoms with Crippen LogP contribution < -0.4 is 30.7 Å². The van der Waals surface area contributed by atoms with Crippen LogP contribution in [0.2, 0.25) is 0 Å². The molecule has 5 N–H and O–H groups in total. The van der Waals surface area contributed by atoms with Gasteiger partial charge in [0.1, 0.15) is 35.6 Å². The Balaban J connectivity index is 1.17. The van der Waals surface area contributed by atoms with E-state index >= 15 is 0 Å². The molecule has 3 saturated carbocycles. The standard InChI is InChI=1S/C42H52FN9O8S/c1-6-25-22-42(25,36(55)51-61(57,58)31-19-20-31)50-34(53)32-21-30(23-52(32)35(54)33(41(3,4)5)46-40(56)60-29-9-7-8-10-29)59-39-48-37(44-27-15-11-24(2)12-16-27)47-38(49-39)45-28-17-13-26(43)14-18-28/h6,11-18,25,29-33H,1,7-10,19-23H2,2-5H3,(H,46,56)(H,50,53)(H,51,55)(H2,44,45,47,48,49)/t25-,30-,32+,33-,42-/m1/s1. The van der Waals surface area contributed by atoms with Crippen molar-refractivity contribution >= 4 is 57.1 Å². The number of sulfonamides is 1. The first-order valence-corrected chi connectivity index (χ1v) is 22.0. The number of hydrogen-bond acceptors (Lipinski definition) is 13. The Hall–Kier alpha value is -5.85. The van der Waals surface area contributed by atoms with Crippen molar-refractivity contribution in [3.63, 3.8) is 0 Å². The number of alkyl carbamates (subject to hydrolysis) is 1. The average molecular weight is 862 g/mol. The van der Waals surface area contributed by atoms with Gasteiger partial charge in [-0.05, 0) is 93.7 Å². The second kappa shape index (κ2) is 17.3. The third kappa shape index (κ3) is 10.4. The van der Waals surface area contributed by atoms with E-state index in [4.69, 9.17) is 9.47 Å². The Morgan fingerprint density at radius 2 is 1.52 bits per heavy atom. The highest BCUT2D eigenvalue weighted by atomic mass is 32.2. The van der Waals surface area contributed by atoms with Gasteiger partial charge in [-0.1, -0.05) is 44.5 Å². The third-order valence-electron chi connectivity index (χ3n) is 11.3. The van der Waals surface area contributed by atoms with Crippen LogP contribution in [0.15, 0.2) is 61.2 Å². The van der Waals surface area contributed by atoms with Crippen LogP contribution in [0.25, 0.3) is 0 Å². The molecule has 19 heteroatoms. The summed E-state index contributed by atoms with van der Waals surface area (Å²) in [5, 5.41) is 11.0. The van der Waals surface area contributed by atoms with Gasteiger partial charge in [-0.15, -0.1) is 6.58 Å². The van der Waals surface area contributed by atoms with E-state index in [1.54, 1.807) is 20.8 Å². The fourth-order valence-electron chi connectivity index (χ4n) is 7.62. The summed E-state index contributed by atoms with van der Waals surface area (Å²) < 4.78 is 53.4. The molecule has 0 spiro atoms. The molecule has 0 bridgehead atoms. The number of benzene rings is 2. The molecule has 4 amide bonds. The number of carbonyl (C=O) groups is 4. The summed E-state index contributed by atoms with van der Waals surface area (Å²) >= 11 is 0. The molecule has 3 aromatic rings. The van der Waals surface area contributed by atoms with Crippen LogP contribution >= 0.6 is 0 Å². The quantitative estimate of drug-likeness (QED) is 0.128. The maximum absolute atomic E-state index is 14.7. The second-order valence-corrected chi connectivity index (χ2v) is 19.3. The molecular weight excluding hydrogens is 810 g/mol. The van der Waals surface area contributed by atoms with Crippen molar-refractivity contribution in [3.05, 3.63) is 72.6 Å². The van der Waals surface area contributed by atoms with Gasteiger partial charge >= 0.3 is 12.1 Å². The van der Waals surface area contributed by atoms with Crippen molar-refractivity contribution in [1.29, 1.82) is 0 Å². The predicted molar refractivity (Wildman–Crippen MR) is 223 cm³/mol. The Bertz CT molecular complexity index is 2200. The van der Waals surface area contributed by atoms with E-state index in [0.29, 0.717) is 24.2 Å². The summed E-state index contributed by atoms with van der Waals surface area (Å²) in [4.78, 5) is 70.7. The predicted octanol–water partition coefficient (Wildman–Crippen LogP) is 4.91. The van der Waals surface area contributed by atoms with Crippen molar-refractivity contribution < 1.29 is 41.5 Å². The minimum atomic E-state index is -3.95. The Morgan fingerprint density at radius 3 is 2.08 bits per heavy atom. The zero-order valence-electron chi connectivity index (χ0n) is 34.6. The molecule has 1 aromatic heterocycles. The van der Waals surface area contributed by atoms with Crippen LogP contribution in [0.3, 0.4) is 0 Å². The van der Waals surface area contributed by atoms with Gasteiger partial charge < -0.3 is 35.6 Å². The van der Waals surface area contributed by atoms with Crippen molar-refractivity contribution in [1.82, 2.24) is 35.2 Å². The van der Waals surface area contributed by atoms with Crippen molar-refractivity contribution in [2.75, 3.05) is 17.2 Å². The van der Waals surface area contributed by atoms with E-state index in [1.165, 1.54) is 35.2 Å².